The van der Waals surface area contributed by atoms with E-state index in [1.165, 1.54) is 36.8 Å². The Morgan fingerprint density at radius 2 is 1.92 bits per heavy atom. The molecule has 2 rings (SSSR count). The van der Waals surface area contributed by atoms with Crippen LogP contribution in [0.2, 0.25) is 0 Å². The van der Waals surface area contributed by atoms with Crippen molar-refractivity contribution in [3.63, 3.8) is 0 Å². The minimum Gasteiger partial charge on any atom is -0.0985 e. The van der Waals surface area contributed by atoms with Crippen molar-refractivity contribution in [3.05, 3.63) is 96.2 Å². The van der Waals surface area contributed by atoms with Crippen LogP contribution in [0.1, 0.15) is 62.5 Å². The van der Waals surface area contributed by atoms with E-state index in [2.05, 4.69) is 70.0 Å². The number of hydrogen-bond acceptors (Lipinski definition) is 0. The predicted octanol–water partition coefficient (Wildman–Crippen LogP) is 7.25. The van der Waals surface area contributed by atoms with E-state index < -0.39 is 0 Å². The molecule has 1 saturated carbocycles. The van der Waals surface area contributed by atoms with Gasteiger partial charge in [-0.15, -0.1) is 0 Å². The number of hydrogen-bond donors (Lipinski definition) is 0. The lowest BCUT2D eigenvalue weighted by atomic mass is 9.91. The molecule has 1 aromatic rings. The smallest absolute Gasteiger partial charge is 0.000701 e. The molecule has 0 bridgehead atoms. The maximum atomic E-state index is 4.16. The summed E-state index contributed by atoms with van der Waals surface area (Å²) in [6.07, 6.45) is 13.6. The van der Waals surface area contributed by atoms with Gasteiger partial charge in [-0.05, 0) is 59.4 Å². The molecule has 0 radical (unpaired) electrons. The monoisotopic (exact) mass is 318 g/mol. The molecule has 1 aliphatic rings. The molecule has 0 spiro atoms. The van der Waals surface area contributed by atoms with Crippen molar-refractivity contribution >= 4 is 0 Å². The van der Waals surface area contributed by atoms with Crippen molar-refractivity contribution in [1.82, 2.24) is 0 Å². The Morgan fingerprint density at radius 1 is 1.21 bits per heavy atom. The molecule has 0 N–H and O–H groups in total. The normalized spacial score (nSPS) is 17.2. The molecular formula is C24H30. The van der Waals surface area contributed by atoms with Crippen LogP contribution in [0, 0.1) is 0 Å². The second-order valence-corrected chi connectivity index (χ2v) is 6.93. The molecule has 24 heavy (non-hydrogen) atoms. The third-order valence-corrected chi connectivity index (χ3v) is 5.02. The van der Waals surface area contributed by atoms with Crippen molar-refractivity contribution in [2.45, 2.75) is 51.4 Å². The predicted molar refractivity (Wildman–Crippen MR) is 107 cm³/mol. The molecule has 1 atom stereocenters. The zero-order valence-electron chi connectivity index (χ0n) is 15.2. The van der Waals surface area contributed by atoms with Crippen LogP contribution in [-0.2, 0) is 0 Å². The molecule has 1 fully saturated rings. The highest BCUT2D eigenvalue weighted by molar-refractivity contribution is 5.43. The van der Waals surface area contributed by atoms with E-state index in [9.17, 15) is 0 Å². The average molecular weight is 319 g/mol. The van der Waals surface area contributed by atoms with Crippen LogP contribution in [0.5, 0.6) is 0 Å². The fraction of sp³-hybridized carbons (Fsp3) is 0.333. The first kappa shape index (κ1) is 18.3. The summed E-state index contributed by atoms with van der Waals surface area (Å²) in [5.74, 6) is 1.16. The Labute approximate surface area is 148 Å². The lowest BCUT2D eigenvalue weighted by Crippen LogP contribution is -1.96. The van der Waals surface area contributed by atoms with Crippen molar-refractivity contribution in [2.75, 3.05) is 0 Å². The van der Waals surface area contributed by atoms with Crippen LogP contribution in [-0.4, -0.2) is 0 Å². The van der Waals surface area contributed by atoms with E-state index in [1.54, 1.807) is 6.08 Å². The van der Waals surface area contributed by atoms with Crippen LogP contribution in [0.3, 0.4) is 0 Å². The van der Waals surface area contributed by atoms with Crippen LogP contribution in [0.4, 0.5) is 0 Å². The zero-order valence-corrected chi connectivity index (χ0v) is 15.2. The quantitative estimate of drug-likeness (QED) is 0.464. The number of rotatable bonds is 7. The SMILES string of the molecule is C=CC(=C)/C=C(\C)C(=C)/C=C\C(C)c1cccc(C2CCCC2)c1. The van der Waals surface area contributed by atoms with Crippen LogP contribution < -0.4 is 0 Å². The van der Waals surface area contributed by atoms with E-state index in [1.807, 2.05) is 6.08 Å². The molecule has 1 aromatic carbocycles. The van der Waals surface area contributed by atoms with Gasteiger partial charge in [0.1, 0.15) is 0 Å². The summed E-state index contributed by atoms with van der Waals surface area (Å²) in [5.41, 5.74) is 5.97. The molecule has 1 aliphatic carbocycles. The molecule has 0 heterocycles. The van der Waals surface area contributed by atoms with Gasteiger partial charge in [-0.3, -0.25) is 0 Å². The van der Waals surface area contributed by atoms with E-state index in [0.29, 0.717) is 5.92 Å². The molecule has 0 heteroatoms. The maximum Gasteiger partial charge on any atom is -0.000701 e. The first-order valence-electron chi connectivity index (χ1n) is 8.98. The Morgan fingerprint density at radius 3 is 2.58 bits per heavy atom. The van der Waals surface area contributed by atoms with Crippen LogP contribution >= 0.6 is 0 Å². The topological polar surface area (TPSA) is 0 Å². The summed E-state index contributed by atoms with van der Waals surface area (Å²) < 4.78 is 0. The van der Waals surface area contributed by atoms with Gasteiger partial charge in [0.2, 0.25) is 0 Å². The molecule has 0 nitrogen and oxygen atoms in total. The molecular weight excluding hydrogens is 288 g/mol. The van der Waals surface area contributed by atoms with Crippen molar-refractivity contribution in [2.24, 2.45) is 0 Å². The van der Waals surface area contributed by atoms with Crippen LogP contribution in [0.15, 0.2) is 85.0 Å². The van der Waals surface area contributed by atoms with Gasteiger partial charge in [-0.1, -0.05) is 88.1 Å². The maximum absolute atomic E-state index is 4.16. The third-order valence-electron chi connectivity index (χ3n) is 5.02. The fourth-order valence-electron chi connectivity index (χ4n) is 3.29. The summed E-state index contributed by atoms with van der Waals surface area (Å²) in [5, 5.41) is 0. The summed E-state index contributed by atoms with van der Waals surface area (Å²) in [7, 11) is 0. The summed E-state index contributed by atoms with van der Waals surface area (Å²) in [6, 6.07) is 9.14. The van der Waals surface area contributed by atoms with Gasteiger partial charge in [0.05, 0.1) is 0 Å². The number of allylic oxidation sites excluding steroid dienone is 7. The minimum atomic E-state index is 0.388. The Bertz CT molecular complexity index is 663. The standard InChI is InChI=1S/C24H30/c1-6-18(2)16-21(5)19(3)14-15-20(4)23-12-9-13-24(17-23)22-10-7-8-11-22/h6,9,12-17,20,22H,1-3,7-8,10-11H2,4-5H3/b15-14-,21-16+. The first-order chi connectivity index (χ1) is 11.5. The van der Waals surface area contributed by atoms with Gasteiger partial charge in [-0.2, -0.15) is 0 Å². The Hall–Kier alpha value is -2.08. The second kappa shape index (κ2) is 8.68. The summed E-state index contributed by atoms with van der Waals surface area (Å²) in [6.45, 7) is 16.1. The van der Waals surface area contributed by atoms with Gasteiger partial charge in [0.15, 0.2) is 0 Å². The average Bonchev–Trinajstić information content (AvgIpc) is 3.13. The van der Waals surface area contributed by atoms with Gasteiger partial charge in [0.25, 0.3) is 0 Å². The largest absolute Gasteiger partial charge is 0.0985 e. The fourth-order valence-corrected chi connectivity index (χ4v) is 3.29. The van der Waals surface area contributed by atoms with E-state index >= 15 is 0 Å². The molecule has 0 amide bonds. The van der Waals surface area contributed by atoms with Gasteiger partial charge in [0, 0.05) is 0 Å². The summed E-state index contributed by atoms with van der Waals surface area (Å²) >= 11 is 0. The second-order valence-electron chi connectivity index (χ2n) is 6.93. The van der Waals surface area contributed by atoms with Gasteiger partial charge < -0.3 is 0 Å². The Balaban J connectivity index is 2.06. The van der Waals surface area contributed by atoms with Crippen molar-refractivity contribution in [3.8, 4) is 0 Å². The highest BCUT2D eigenvalue weighted by Crippen LogP contribution is 2.35. The van der Waals surface area contributed by atoms with Crippen LogP contribution in [0.25, 0.3) is 0 Å². The van der Waals surface area contributed by atoms with Gasteiger partial charge in [-0.25, -0.2) is 0 Å². The zero-order chi connectivity index (χ0) is 17.5. The van der Waals surface area contributed by atoms with E-state index in [4.69, 9.17) is 0 Å². The molecule has 126 valence electrons. The lowest BCUT2D eigenvalue weighted by molar-refractivity contribution is 0.721. The lowest BCUT2D eigenvalue weighted by Gasteiger charge is -2.14. The highest BCUT2D eigenvalue weighted by Gasteiger charge is 2.17. The summed E-state index contributed by atoms with van der Waals surface area (Å²) in [4.78, 5) is 0. The first-order valence-corrected chi connectivity index (χ1v) is 8.98. The van der Waals surface area contributed by atoms with E-state index in [-0.39, 0.29) is 0 Å². The minimum absolute atomic E-state index is 0.388. The van der Waals surface area contributed by atoms with Crippen molar-refractivity contribution < 1.29 is 0 Å². The van der Waals surface area contributed by atoms with Crippen molar-refractivity contribution in [1.29, 1.82) is 0 Å². The molecule has 1 unspecified atom stereocenters. The number of benzene rings is 1. The molecule has 0 aromatic heterocycles. The van der Waals surface area contributed by atoms with E-state index in [0.717, 1.165) is 22.6 Å². The molecule has 0 saturated heterocycles. The highest BCUT2D eigenvalue weighted by atomic mass is 14.2. The third kappa shape index (κ3) is 4.96. The Kier molecular flexibility index (Phi) is 6.61. The van der Waals surface area contributed by atoms with Gasteiger partial charge >= 0.3 is 0 Å². The molecule has 0 aliphatic heterocycles.